The Morgan fingerprint density at radius 2 is 1.75 bits per heavy atom. The van der Waals surface area contributed by atoms with Gasteiger partial charge in [0.05, 0.1) is 16.0 Å². The van der Waals surface area contributed by atoms with E-state index in [0.29, 0.717) is 16.7 Å². The minimum Gasteiger partial charge on any atom is -0.454 e. The number of aromatic nitrogens is 1. The summed E-state index contributed by atoms with van der Waals surface area (Å²) in [5.41, 5.74) is 0.452. The second-order valence-corrected chi connectivity index (χ2v) is 12.2. The Hall–Kier alpha value is -3.35. The molecule has 1 heterocycles. The summed E-state index contributed by atoms with van der Waals surface area (Å²) in [7, 11) is -3.96. The summed E-state index contributed by atoms with van der Waals surface area (Å²) >= 11 is 1.57. The summed E-state index contributed by atoms with van der Waals surface area (Å²) < 4.78 is 62.8. The maximum atomic E-state index is 15.6. The molecule has 0 fully saturated rings. The van der Waals surface area contributed by atoms with E-state index in [1.54, 1.807) is 42.1 Å². The van der Waals surface area contributed by atoms with Crippen LogP contribution in [0.25, 0.3) is 10.9 Å². The van der Waals surface area contributed by atoms with Crippen molar-refractivity contribution >= 4 is 32.7 Å². The lowest BCUT2D eigenvalue weighted by Gasteiger charge is -2.19. The molecule has 0 amide bonds. The largest absolute Gasteiger partial charge is 0.454 e. The lowest BCUT2D eigenvalue weighted by molar-refractivity contribution is 0.438. The Bertz CT molecular complexity index is 1570. The van der Waals surface area contributed by atoms with Gasteiger partial charge in [0.1, 0.15) is 17.6 Å². The molecule has 0 radical (unpaired) electrons. The zero-order chi connectivity index (χ0) is 26.1. The van der Waals surface area contributed by atoms with E-state index < -0.39 is 21.7 Å². The van der Waals surface area contributed by atoms with Crippen molar-refractivity contribution in [2.75, 3.05) is 5.75 Å². The zero-order valence-corrected chi connectivity index (χ0v) is 21.6. The topological polar surface area (TPSA) is 72.1 Å². The summed E-state index contributed by atoms with van der Waals surface area (Å²) in [6.07, 6.45) is 1.40. The van der Waals surface area contributed by atoms with Crippen LogP contribution in [0.3, 0.4) is 0 Å². The molecule has 3 aromatic carbocycles. The van der Waals surface area contributed by atoms with Crippen molar-refractivity contribution in [2.45, 2.75) is 31.4 Å². The van der Waals surface area contributed by atoms with Crippen molar-refractivity contribution in [2.24, 2.45) is 5.41 Å². The van der Waals surface area contributed by atoms with E-state index >= 15 is 4.39 Å². The molecule has 0 spiro atoms. The molecule has 4 rings (SSSR count). The van der Waals surface area contributed by atoms with Crippen LogP contribution in [0, 0.1) is 28.4 Å². The van der Waals surface area contributed by atoms with Crippen molar-refractivity contribution < 1.29 is 21.9 Å². The van der Waals surface area contributed by atoms with Crippen LogP contribution in [0.4, 0.5) is 8.78 Å². The number of thioether (sulfide) groups is 1. The average Bonchev–Trinajstić information content (AvgIpc) is 3.26. The lowest BCUT2D eigenvalue weighted by Crippen LogP contribution is -2.12. The summed E-state index contributed by atoms with van der Waals surface area (Å²) in [6, 6.07) is 16.0. The third kappa shape index (κ3) is 5.25. The first-order valence-corrected chi connectivity index (χ1v) is 13.7. The van der Waals surface area contributed by atoms with Crippen molar-refractivity contribution in [3.8, 4) is 17.6 Å². The van der Waals surface area contributed by atoms with Gasteiger partial charge in [0.2, 0.25) is 0 Å². The van der Waals surface area contributed by atoms with Gasteiger partial charge in [-0.2, -0.15) is 17.0 Å². The Morgan fingerprint density at radius 3 is 2.42 bits per heavy atom. The fourth-order valence-corrected chi connectivity index (χ4v) is 6.24. The predicted octanol–water partition coefficient (Wildman–Crippen LogP) is 7.10. The maximum Gasteiger partial charge on any atom is 0.268 e. The second-order valence-electron chi connectivity index (χ2n) is 9.44. The molecule has 0 bridgehead atoms. The number of hydrogen-bond acceptors (Lipinski definition) is 5. The minimum atomic E-state index is -3.96. The van der Waals surface area contributed by atoms with Crippen LogP contribution in [0.2, 0.25) is 0 Å². The van der Waals surface area contributed by atoms with E-state index in [1.165, 1.54) is 30.5 Å². The highest BCUT2D eigenvalue weighted by Crippen LogP contribution is 2.39. The van der Waals surface area contributed by atoms with Gasteiger partial charge in [-0.05, 0) is 41.5 Å². The van der Waals surface area contributed by atoms with E-state index in [-0.39, 0.29) is 32.9 Å². The highest BCUT2D eigenvalue weighted by atomic mass is 32.2. The molecule has 5 nitrogen and oxygen atoms in total. The van der Waals surface area contributed by atoms with Crippen molar-refractivity contribution in [1.82, 2.24) is 3.97 Å². The van der Waals surface area contributed by atoms with Gasteiger partial charge in [-0.25, -0.2) is 21.2 Å². The van der Waals surface area contributed by atoms with Crippen LogP contribution in [0.1, 0.15) is 31.9 Å². The summed E-state index contributed by atoms with van der Waals surface area (Å²) in [4.78, 5) is 0.0854. The minimum absolute atomic E-state index is 0.0133. The fourth-order valence-electron chi connectivity index (χ4n) is 3.68. The summed E-state index contributed by atoms with van der Waals surface area (Å²) in [5, 5.41) is 9.67. The Kier molecular flexibility index (Phi) is 7.12. The molecule has 0 atom stereocenters. The number of hydrogen-bond donors (Lipinski definition) is 0. The molecule has 0 unspecified atom stereocenters. The number of nitrogens with zero attached hydrogens (tertiary/aromatic N) is 2. The third-order valence-corrected chi connectivity index (χ3v) is 8.60. The quantitative estimate of drug-likeness (QED) is 0.257. The lowest BCUT2D eigenvalue weighted by atomic mass is 10.0. The molecule has 9 heteroatoms. The first kappa shape index (κ1) is 25.7. The van der Waals surface area contributed by atoms with Gasteiger partial charge in [-0.1, -0.05) is 39.0 Å². The highest BCUT2D eigenvalue weighted by molar-refractivity contribution is 7.98. The van der Waals surface area contributed by atoms with Gasteiger partial charge >= 0.3 is 0 Å². The first-order valence-electron chi connectivity index (χ1n) is 11.1. The molecular weight excluding hydrogens is 502 g/mol. The van der Waals surface area contributed by atoms with Gasteiger partial charge in [0, 0.05) is 35.0 Å². The van der Waals surface area contributed by atoms with Crippen LogP contribution in [0.15, 0.2) is 71.8 Å². The summed E-state index contributed by atoms with van der Waals surface area (Å²) in [5.74, 6) is -0.339. The Morgan fingerprint density at radius 1 is 1.03 bits per heavy atom. The molecule has 0 saturated heterocycles. The third-order valence-electron chi connectivity index (χ3n) is 5.33. The molecule has 0 saturated carbocycles. The fraction of sp³-hybridized carbons (Fsp3) is 0.222. The molecule has 0 aliphatic heterocycles. The highest BCUT2D eigenvalue weighted by Gasteiger charge is 2.24. The number of rotatable bonds is 7. The summed E-state index contributed by atoms with van der Waals surface area (Å²) in [6.45, 7) is 6.26. The van der Waals surface area contributed by atoms with E-state index in [0.717, 1.165) is 21.9 Å². The van der Waals surface area contributed by atoms with Gasteiger partial charge < -0.3 is 4.74 Å². The van der Waals surface area contributed by atoms with Gasteiger partial charge in [-0.3, -0.25) is 0 Å². The smallest absolute Gasteiger partial charge is 0.268 e. The number of halogens is 2. The second kappa shape index (κ2) is 9.96. The maximum absolute atomic E-state index is 15.6. The van der Waals surface area contributed by atoms with Crippen LogP contribution in [-0.2, 0) is 15.8 Å². The van der Waals surface area contributed by atoms with Gasteiger partial charge in [0.25, 0.3) is 10.0 Å². The molecule has 36 heavy (non-hydrogen) atoms. The number of fused-ring (bicyclic) bond motifs is 1. The predicted molar refractivity (Wildman–Crippen MR) is 138 cm³/mol. The average molecular weight is 527 g/mol. The van der Waals surface area contributed by atoms with E-state index in [4.69, 9.17) is 10.00 Å². The van der Waals surface area contributed by atoms with Crippen molar-refractivity contribution in [3.63, 3.8) is 0 Å². The van der Waals surface area contributed by atoms with E-state index in [2.05, 4.69) is 20.8 Å². The molecular formula is C27H24F2N2O3S2. The van der Waals surface area contributed by atoms with Crippen molar-refractivity contribution in [1.29, 1.82) is 5.26 Å². The van der Waals surface area contributed by atoms with Crippen LogP contribution >= 0.6 is 11.8 Å². The van der Waals surface area contributed by atoms with Crippen LogP contribution < -0.4 is 4.74 Å². The molecule has 1 aromatic heterocycles. The van der Waals surface area contributed by atoms with E-state index in [9.17, 15) is 12.8 Å². The van der Waals surface area contributed by atoms with Crippen LogP contribution in [-0.4, -0.2) is 18.1 Å². The molecule has 0 aliphatic carbocycles. The number of ether oxygens (including phenoxy) is 1. The van der Waals surface area contributed by atoms with Crippen LogP contribution in [0.5, 0.6) is 11.5 Å². The Labute approximate surface area is 213 Å². The molecule has 0 aliphatic rings. The zero-order valence-electron chi connectivity index (χ0n) is 20.0. The van der Waals surface area contributed by atoms with Crippen molar-refractivity contribution in [3.05, 3.63) is 89.6 Å². The van der Waals surface area contributed by atoms with E-state index in [1.807, 2.05) is 0 Å². The number of benzene rings is 3. The molecule has 0 N–H and O–H groups in total. The van der Waals surface area contributed by atoms with Gasteiger partial charge in [-0.15, -0.1) is 0 Å². The molecule has 186 valence electrons. The molecule has 4 aromatic rings. The van der Waals surface area contributed by atoms with Gasteiger partial charge in [0.15, 0.2) is 11.6 Å². The SMILES string of the molecule is CC(C)(C)CSCc1c(Oc2ccc(F)c(C#N)c2)c(F)cc2c1ccn2S(=O)(=O)c1ccccc1. The standard InChI is InChI=1S/C27H24F2N2O3S2/c1-27(2,3)17-35-16-22-21-11-12-31(36(32,33)20-7-5-4-6-8-20)25(21)14-24(29)26(22)34-19-9-10-23(28)18(13-19)15-30/h4-14H,16-17H2,1-3H3. The number of nitriles is 1. The monoisotopic (exact) mass is 526 g/mol. The normalized spacial score (nSPS) is 12.0. The Balaban J connectivity index is 1.85. The first-order chi connectivity index (χ1) is 17.0.